The third-order valence-corrected chi connectivity index (χ3v) is 5.66. The molecule has 130 valence electrons. The summed E-state index contributed by atoms with van der Waals surface area (Å²) in [6.45, 7) is 2.24. The summed E-state index contributed by atoms with van der Waals surface area (Å²) in [6, 6.07) is 7.58. The van der Waals surface area contributed by atoms with Crippen LogP contribution >= 0.6 is 11.6 Å². The minimum absolute atomic E-state index is 0.0989. The Morgan fingerprint density at radius 2 is 1.79 bits per heavy atom. The maximum atomic E-state index is 13.4. The number of carbonyl (C=O) groups is 2. The highest BCUT2D eigenvalue weighted by Gasteiger charge is 2.45. The molecule has 1 aromatic rings. The first-order valence-corrected chi connectivity index (χ1v) is 8.84. The molecule has 0 atom stereocenters. The fourth-order valence-electron chi connectivity index (χ4n) is 3.84. The molecular weight excluding hydrogens is 328 g/mol. The number of primary amides is 1. The van der Waals surface area contributed by atoms with Crippen molar-refractivity contribution in [2.24, 2.45) is 11.7 Å². The second-order valence-electron chi connectivity index (χ2n) is 6.64. The molecule has 0 saturated carbocycles. The summed E-state index contributed by atoms with van der Waals surface area (Å²) < 4.78 is 5.50. The van der Waals surface area contributed by atoms with E-state index in [1.54, 1.807) is 0 Å². The summed E-state index contributed by atoms with van der Waals surface area (Å²) in [5.74, 6) is -0.296. The zero-order valence-corrected chi connectivity index (χ0v) is 14.4. The van der Waals surface area contributed by atoms with Crippen molar-refractivity contribution in [2.75, 3.05) is 26.3 Å². The van der Waals surface area contributed by atoms with Crippen molar-refractivity contribution in [2.45, 2.75) is 31.1 Å². The summed E-state index contributed by atoms with van der Waals surface area (Å²) in [6.07, 6.45) is 2.53. The number of nitrogens with zero attached hydrogens (tertiary/aromatic N) is 1. The number of rotatable bonds is 3. The van der Waals surface area contributed by atoms with Crippen molar-refractivity contribution in [3.63, 3.8) is 0 Å². The molecule has 2 amide bonds. The van der Waals surface area contributed by atoms with Crippen LogP contribution in [0.2, 0.25) is 5.02 Å². The lowest BCUT2D eigenvalue weighted by Crippen LogP contribution is -2.52. The Hall–Kier alpha value is -1.59. The minimum Gasteiger partial charge on any atom is -0.381 e. The van der Waals surface area contributed by atoms with Crippen LogP contribution in [-0.2, 0) is 19.7 Å². The van der Waals surface area contributed by atoms with Gasteiger partial charge in [0, 0.05) is 37.2 Å². The number of piperidine rings is 1. The zero-order chi connectivity index (χ0) is 17.2. The summed E-state index contributed by atoms with van der Waals surface area (Å²) in [5.41, 5.74) is 5.65. The lowest BCUT2D eigenvalue weighted by atomic mass is 9.72. The van der Waals surface area contributed by atoms with E-state index in [0.717, 1.165) is 5.56 Å². The number of hydrogen-bond acceptors (Lipinski definition) is 3. The van der Waals surface area contributed by atoms with Gasteiger partial charge in [0.1, 0.15) is 0 Å². The Bertz CT molecular complexity index is 620. The SMILES string of the molecule is NC(=O)C1CCN(C(=O)C2(c3ccccc3Cl)CCOCC2)CC1. The average molecular weight is 351 g/mol. The van der Waals surface area contributed by atoms with Crippen LogP contribution in [0.15, 0.2) is 24.3 Å². The van der Waals surface area contributed by atoms with Gasteiger partial charge in [0.05, 0.1) is 5.41 Å². The van der Waals surface area contributed by atoms with Gasteiger partial charge in [-0.15, -0.1) is 0 Å². The molecule has 2 aliphatic rings. The molecule has 0 aromatic heterocycles. The molecule has 2 heterocycles. The van der Waals surface area contributed by atoms with Gasteiger partial charge in [0.2, 0.25) is 11.8 Å². The van der Waals surface area contributed by atoms with Crippen molar-refractivity contribution in [3.8, 4) is 0 Å². The van der Waals surface area contributed by atoms with E-state index in [1.807, 2.05) is 29.2 Å². The molecular formula is C18H23ClN2O3. The first kappa shape index (κ1) is 17.2. The molecule has 6 heteroatoms. The first-order chi connectivity index (χ1) is 11.5. The largest absolute Gasteiger partial charge is 0.381 e. The molecule has 5 nitrogen and oxygen atoms in total. The van der Waals surface area contributed by atoms with E-state index in [9.17, 15) is 9.59 Å². The summed E-state index contributed by atoms with van der Waals surface area (Å²) in [5, 5.41) is 0.625. The molecule has 3 rings (SSSR count). The van der Waals surface area contributed by atoms with Gasteiger partial charge in [-0.25, -0.2) is 0 Å². The maximum Gasteiger partial charge on any atom is 0.233 e. The molecule has 0 aliphatic carbocycles. The standard InChI is InChI=1S/C18H23ClN2O3/c19-15-4-2-1-3-14(15)18(7-11-24-12-8-18)17(23)21-9-5-13(6-10-21)16(20)22/h1-4,13H,5-12H2,(H2,20,22). The first-order valence-electron chi connectivity index (χ1n) is 8.46. The lowest BCUT2D eigenvalue weighted by Gasteiger charge is -2.42. The summed E-state index contributed by atoms with van der Waals surface area (Å²) in [7, 11) is 0. The van der Waals surface area contributed by atoms with Crippen LogP contribution < -0.4 is 5.73 Å². The molecule has 1 aromatic carbocycles. The maximum absolute atomic E-state index is 13.4. The smallest absolute Gasteiger partial charge is 0.233 e. The molecule has 2 aliphatic heterocycles. The molecule has 2 fully saturated rings. The van der Waals surface area contributed by atoms with E-state index in [1.165, 1.54) is 0 Å². The third-order valence-electron chi connectivity index (χ3n) is 5.33. The average Bonchev–Trinajstić information content (AvgIpc) is 2.62. The van der Waals surface area contributed by atoms with Gasteiger partial charge in [-0.1, -0.05) is 29.8 Å². The van der Waals surface area contributed by atoms with Crippen molar-refractivity contribution in [1.82, 2.24) is 4.90 Å². The number of likely N-dealkylation sites (tertiary alicyclic amines) is 1. The van der Waals surface area contributed by atoms with E-state index in [-0.39, 0.29) is 17.7 Å². The molecule has 0 spiro atoms. The molecule has 24 heavy (non-hydrogen) atoms. The number of ether oxygens (including phenoxy) is 1. The van der Waals surface area contributed by atoms with E-state index in [2.05, 4.69) is 0 Å². The van der Waals surface area contributed by atoms with Crippen molar-refractivity contribution in [1.29, 1.82) is 0 Å². The number of carbonyl (C=O) groups excluding carboxylic acids is 2. The van der Waals surface area contributed by atoms with Gasteiger partial charge in [-0.2, -0.15) is 0 Å². The number of halogens is 1. The topological polar surface area (TPSA) is 72.6 Å². The second-order valence-corrected chi connectivity index (χ2v) is 7.05. The van der Waals surface area contributed by atoms with E-state index in [4.69, 9.17) is 22.1 Å². The number of hydrogen-bond donors (Lipinski definition) is 1. The number of nitrogens with two attached hydrogens (primary N) is 1. The fraction of sp³-hybridized carbons (Fsp3) is 0.556. The monoisotopic (exact) mass is 350 g/mol. The van der Waals surface area contributed by atoms with Crippen molar-refractivity contribution in [3.05, 3.63) is 34.9 Å². The van der Waals surface area contributed by atoms with Gasteiger partial charge >= 0.3 is 0 Å². The highest BCUT2D eigenvalue weighted by Crippen LogP contribution is 2.40. The molecule has 2 saturated heterocycles. The Kier molecular flexibility index (Phi) is 5.11. The van der Waals surface area contributed by atoms with E-state index >= 15 is 0 Å². The van der Waals surface area contributed by atoms with Crippen molar-refractivity contribution >= 4 is 23.4 Å². The Labute approximate surface area is 147 Å². The van der Waals surface area contributed by atoms with E-state index in [0.29, 0.717) is 57.0 Å². The van der Waals surface area contributed by atoms with Crippen LogP contribution in [0.5, 0.6) is 0 Å². The van der Waals surface area contributed by atoms with Crippen molar-refractivity contribution < 1.29 is 14.3 Å². The number of amides is 2. The van der Waals surface area contributed by atoms with Gasteiger partial charge in [-0.05, 0) is 37.3 Å². The molecule has 0 bridgehead atoms. The zero-order valence-electron chi connectivity index (χ0n) is 13.7. The molecule has 0 radical (unpaired) electrons. The normalized spacial score (nSPS) is 21.5. The minimum atomic E-state index is -0.629. The highest BCUT2D eigenvalue weighted by molar-refractivity contribution is 6.31. The quantitative estimate of drug-likeness (QED) is 0.907. The van der Waals surface area contributed by atoms with Crippen LogP contribution in [0.3, 0.4) is 0 Å². The van der Waals surface area contributed by atoms with Crippen LogP contribution in [0.4, 0.5) is 0 Å². The Morgan fingerprint density at radius 3 is 2.38 bits per heavy atom. The predicted molar refractivity (Wildman–Crippen MR) is 91.7 cm³/mol. The van der Waals surface area contributed by atoms with Gasteiger partial charge in [-0.3, -0.25) is 9.59 Å². The Morgan fingerprint density at radius 1 is 1.17 bits per heavy atom. The molecule has 2 N–H and O–H groups in total. The number of benzene rings is 1. The second kappa shape index (κ2) is 7.11. The third kappa shape index (κ3) is 3.15. The van der Waals surface area contributed by atoms with Crippen LogP contribution in [0.1, 0.15) is 31.2 Å². The summed E-state index contributed by atoms with van der Waals surface area (Å²) in [4.78, 5) is 26.6. The van der Waals surface area contributed by atoms with Gasteiger partial charge in [0.15, 0.2) is 0 Å². The van der Waals surface area contributed by atoms with Crippen LogP contribution in [0.25, 0.3) is 0 Å². The lowest BCUT2D eigenvalue weighted by molar-refractivity contribution is -0.144. The Balaban J connectivity index is 1.86. The van der Waals surface area contributed by atoms with Gasteiger partial charge < -0.3 is 15.4 Å². The van der Waals surface area contributed by atoms with Crippen LogP contribution in [-0.4, -0.2) is 43.0 Å². The predicted octanol–water partition coefficient (Wildman–Crippen LogP) is 2.11. The van der Waals surface area contributed by atoms with Crippen LogP contribution in [0, 0.1) is 5.92 Å². The molecule has 0 unspecified atom stereocenters. The highest BCUT2D eigenvalue weighted by atomic mass is 35.5. The van der Waals surface area contributed by atoms with Gasteiger partial charge in [0.25, 0.3) is 0 Å². The van der Waals surface area contributed by atoms with E-state index < -0.39 is 5.41 Å². The fourth-order valence-corrected chi connectivity index (χ4v) is 4.15. The summed E-state index contributed by atoms with van der Waals surface area (Å²) >= 11 is 6.42.